The number of aromatic nitrogens is 20. The number of nitrogens with zero attached hydrogens (tertiary/aromatic N) is 24. The zero-order valence-corrected chi connectivity index (χ0v) is 81.1. The Bertz CT molecular complexity index is 7760. The molecule has 0 spiro atoms. The third-order valence-electron chi connectivity index (χ3n) is 24.7. The molecule has 12 aromatic heterocycles. The molecule has 12 N–H and O–H groups in total. The Labute approximate surface area is 833 Å². The molecular weight excluding hydrogens is 1870 g/mol. The molecule has 4 aliphatic rings. The van der Waals surface area contributed by atoms with Gasteiger partial charge in [0.1, 0.15) is 83.0 Å². The maximum Gasteiger partial charge on any atom is 0.298 e. The number of carbonyl (C=O) groups is 8. The Balaban J connectivity index is 0.000000132. The van der Waals surface area contributed by atoms with Gasteiger partial charge in [-0.05, 0) is 201 Å². The van der Waals surface area contributed by atoms with Crippen LogP contribution in [0.3, 0.4) is 0 Å². The summed E-state index contributed by atoms with van der Waals surface area (Å²) in [7, 11) is 0. The van der Waals surface area contributed by atoms with Gasteiger partial charge in [0.15, 0.2) is 32.9 Å². The smallest absolute Gasteiger partial charge is 0.298 e. The van der Waals surface area contributed by atoms with E-state index in [1.54, 1.807) is 107 Å². The van der Waals surface area contributed by atoms with Crippen molar-refractivity contribution in [3.63, 3.8) is 0 Å². The number of nitrogens with one attached hydrogen (secondary N) is 4. The van der Waals surface area contributed by atoms with Crippen LogP contribution in [0.5, 0.6) is 0 Å². The Kier molecular flexibility index (Phi) is 29.7. The summed E-state index contributed by atoms with van der Waals surface area (Å²) in [6.45, 7) is 23.0. The van der Waals surface area contributed by atoms with Crippen LogP contribution in [0, 0.1) is 51.4 Å². The third-order valence-corrected chi connectivity index (χ3v) is 26.4. The molecular formula is C102H100N32O8S2. The zero-order valence-electron chi connectivity index (χ0n) is 79.5. The quantitative estimate of drug-likeness (QED) is 0.0292. The van der Waals surface area contributed by atoms with Crippen LogP contribution in [-0.2, 0) is 19.2 Å². The number of anilines is 8. The number of likely N-dealkylation sites (tertiary alicyclic amines) is 4. The van der Waals surface area contributed by atoms with Gasteiger partial charge in [0.25, 0.3) is 35.4 Å². The van der Waals surface area contributed by atoms with E-state index in [1.807, 2.05) is 119 Å². The average molecular weight is 1970 g/mol. The van der Waals surface area contributed by atoms with Crippen LogP contribution in [0.15, 0.2) is 197 Å². The standard InChI is InChI=1S/C27H26N8O2.C26H26N8O2.C25H24N8O2S.C24H24N8O2S/c1-3-5-22(36)34-13-4-6-20(15-34)35-26-23(25(28)30-16-31-26)24(33-35)18-7-9-19(10-8-18)27(37)32-21-14-17(2)11-12-29-21;1-3-21(35)33-12-4-5-19(14-33)34-25-22(24(27)29-15-30-25)23(32-34)17-6-8-18(9-7-17)26(36)31-20-13-16(2)10-11-28-20;1-3-5-19(34)32-11-4-6-18(13-32)33-23-20(22(26)28-14-29-23)21(31-33)16-7-9-17(10-8-16)24(35)30-25-27-12-15(2)36-25;1-3-18(33)31-10-4-5-17(12-31)32-22-19(21(25)27-13-28-22)20(30-32)15-6-8-16(9-7-15)23(34)29-24-26-11-14(2)35-24/h7-12,14,16,20H,4,6,13,15H2,1-2H3,(H2,28,30,31)(H,29,32,37);3,6-11,13,15,19H,1,4-5,12,14H2,2H3,(H2,27,29,30)(H,28,31,36);7-10,12,14,18H,4,6,11,13H2,1-2H3,(H2,26,28,29)(H,27,30,35);3,6-9,11,13,17H,1,4-5,10,12H2,2H3,(H2,25,27,28)(H,26,29,34). The molecule has 20 rings (SSSR count). The first-order valence-corrected chi connectivity index (χ1v) is 48.0. The van der Waals surface area contributed by atoms with Crippen LogP contribution in [-0.4, -0.2) is 218 Å². The predicted octanol–water partition coefficient (Wildman–Crippen LogP) is 13.3. The van der Waals surface area contributed by atoms with E-state index in [4.69, 9.17) is 43.3 Å². The van der Waals surface area contributed by atoms with Crippen molar-refractivity contribution in [3.8, 4) is 68.7 Å². The van der Waals surface area contributed by atoms with Crippen LogP contribution in [0.25, 0.3) is 89.2 Å². The van der Waals surface area contributed by atoms with Gasteiger partial charge in [-0.3, -0.25) is 49.0 Å². The number of rotatable bonds is 18. The van der Waals surface area contributed by atoms with Crippen LogP contribution >= 0.6 is 22.7 Å². The van der Waals surface area contributed by atoms with E-state index < -0.39 is 0 Å². The molecule has 16 aromatic rings. The number of nitrogens with two attached hydrogens (primary N) is 4. The summed E-state index contributed by atoms with van der Waals surface area (Å²) in [6, 6.07) is 35.6. The molecule has 42 heteroatoms. The zero-order chi connectivity index (χ0) is 101. The van der Waals surface area contributed by atoms with Crippen molar-refractivity contribution in [1.82, 2.24) is 119 Å². The van der Waals surface area contributed by atoms with E-state index in [9.17, 15) is 38.4 Å². The van der Waals surface area contributed by atoms with Crippen LogP contribution in [0.4, 0.5) is 45.2 Å². The number of hydrogen-bond donors (Lipinski definition) is 8. The summed E-state index contributed by atoms with van der Waals surface area (Å²) >= 11 is 2.84. The molecule has 4 aliphatic heterocycles. The van der Waals surface area contributed by atoms with Gasteiger partial charge in [-0.1, -0.05) is 73.5 Å². The molecule has 0 saturated carbocycles. The Morgan fingerprint density at radius 2 is 0.632 bits per heavy atom. The second-order valence-corrected chi connectivity index (χ2v) is 37.0. The van der Waals surface area contributed by atoms with Crippen molar-refractivity contribution < 1.29 is 38.4 Å². The Hall–Kier alpha value is -17.8. The molecule has 4 fully saturated rings. The number of amides is 8. The monoisotopic (exact) mass is 1960 g/mol. The highest BCUT2D eigenvalue weighted by Crippen LogP contribution is 2.41. The van der Waals surface area contributed by atoms with Gasteiger partial charge in [-0.15, -0.1) is 22.7 Å². The number of piperidine rings is 4. The topological polar surface area (TPSA) is 528 Å². The van der Waals surface area contributed by atoms with Crippen molar-refractivity contribution in [2.45, 2.75) is 117 Å². The van der Waals surface area contributed by atoms with E-state index in [0.29, 0.717) is 187 Å². The summed E-state index contributed by atoms with van der Waals surface area (Å²) in [5, 5.41) is 34.5. The van der Waals surface area contributed by atoms with E-state index >= 15 is 0 Å². The first-order chi connectivity index (χ1) is 69.8. The van der Waals surface area contributed by atoms with Crippen molar-refractivity contribution in [1.29, 1.82) is 0 Å². The SMILES string of the molecule is C=CC(=O)N1CCCC(n2nc(-c3ccc(C(=O)Nc4cc(C)ccn4)cc3)c3c(N)ncnc32)C1.C=CC(=O)N1CCCC(n2nc(-c3ccc(C(=O)Nc4ncc(C)s4)cc3)c3c(N)ncnc32)C1.CC#CC(=O)N1CCCC(n2nc(-c3ccc(C(=O)Nc4cc(C)ccn4)cc3)c3c(N)ncnc32)C1.CC#CC(=O)N1CCCC(n2nc(-c3ccc(C(=O)Nc4ncc(C)s4)cc3)c3c(N)ncnc32)C1. The summed E-state index contributed by atoms with van der Waals surface area (Å²) in [6.07, 6.45) is 21.9. The molecule has 4 unspecified atom stereocenters. The highest BCUT2D eigenvalue weighted by molar-refractivity contribution is 7.16. The van der Waals surface area contributed by atoms with Gasteiger partial charge >= 0.3 is 0 Å². The molecule has 4 saturated heterocycles. The predicted molar refractivity (Wildman–Crippen MR) is 551 cm³/mol. The first-order valence-electron chi connectivity index (χ1n) is 46.4. The molecule has 8 amide bonds. The lowest BCUT2D eigenvalue weighted by atomic mass is 10.1. The van der Waals surface area contributed by atoms with E-state index in [1.165, 1.54) is 60.1 Å². The van der Waals surface area contributed by atoms with E-state index in [-0.39, 0.29) is 71.4 Å². The van der Waals surface area contributed by atoms with E-state index in [0.717, 1.165) is 94.5 Å². The van der Waals surface area contributed by atoms with Gasteiger partial charge in [-0.25, -0.2) is 78.5 Å². The van der Waals surface area contributed by atoms with Gasteiger partial charge in [0.05, 0.1) is 45.7 Å². The highest BCUT2D eigenvalue weighted by Gasteiger charge is 2.35. The summed E-state index contributed by atoms with van der Waals surface area (Å²) < 4.78 is 7.37. The molecule has 728 valence electrons. The van der Waals surface area contributed by atoms with E-state index in [2.05, 4.69) is 118 Å². The fourth-order valence-corrected chi connectivity index (χ4v) is 19.0. The number of aryl methyl sites for hydroxylation is 4. The lowest BCUT2D eigenvalue weighted by Crippen LogP contribution is -2.40. The number of carbonyl (C=O) groups excluding carboxylic acids is 8. The number of nitrogen functional groups attached to an aromatic ring is 4. The van der Waals surface area contributed by atoms with Crippen molar-refractivity contribution in [2.24, 2.45) is 0 Å². The van der Waals surface area contributed by atoms with Crippen LogP contribution in [0.2, 0.25) is 0 Å². The van der Waals surface area contributed by atoms with Crippen molar-refractivity contribution in [2.75, 3.05) is 96.6 Å². The minimum Gasteiger partial charge on any atom is -0.383 e. The second-order valence-electron chi connectivity index (χ2n) is 34.5. The van der Waals surface area contributed by atoms with Crippen LogP contribution < -0.4 is 44.2 Å². The lowest BCUT2D eigenvalue weighted by molar-refractivity contribution is -0.128. The maximum atomic E-state index is 12.7. The van der Waals surface area contributed by atoms with Crippen molar-refractivity contribution in [3.05, 3.63) is 240 Å². The molecule has 4 aromatic carbocycles. The molecule has 0 radical (unpaired) electrons. The molecule has 144 heavy (non-hydrogen) atoms. The average Bonchev–Trinajstić information content (AvgIpc) is 1.62. The Morgan fingerprint density at radius 1 is 0.361 bits per heavy atom. The number of thiazole rings is 2. The molecule has 0 aliphatic carbocycles. The van der Waals surface area contributed by atoms with Gasteiger partial charge < -0.3 is 53.2 Å². The second kappa shape index (κ2) is 43.7. The summed E-state index contributed by atoms with van der Waals surface area (Å²) in [4.78, 5) is 160. The largest absolute Gasteiger partial charge is 0.383 e. The highest BCUT2D eigenvalue weighted by atomic mass is 32.1. The number of benzene rings is 4. The molecule has 16 heterocycles. The number of pyridine rings is 2. The normalized spacial score (nSPS) is 15.5. The fourth-order valence-electron chi connectivity index (χ4n) is 17.7. The third kappa shape index (κ3) is 21.8. The number of fused-ring (bicyclic) bond motifs is 4. The minimum absolute atomic E-state index is 0.0509. The Morgan fingerprint density at radius 3 is 0.889 bits per heavy atom. The molecule has 40 nitrogen and oxygen atoms in total. The lowest BCUT2D eigenvalue weighted by Gasteiger charge is -2.32. The van der Waals surface area contributed by atoms with Crippen LogP contribution in [0.1, 0.15) is 152 Å². The maximum absolute atomic E-state index is 12.7. The fraction of sp³-hybridized carbons (Fsp3) is 0.255. The van der Waals surface area contributed by atoms with Gasteiger partial charge in [-0.2, -0.15) is 20.4 Å². The molecule has 0 bridgehead atoms. The minimum atomic E-state index is -0.259. The number of hydrogen-bond acceptors (Lipinski definition) is 30. The summed E-state index contributed by atoms with van der Waals surface area (Å²) in [5.74, 6) is 11.3. The van der Waals surface area contributed by atoms with Crippen molar-refractivity contribution >= 4 is 159 Å². The summed E-state index contributed by atoms with van der Waals surface area (Å²) in [5.41, 5.74) is 37.1. The van der Waals surface area contributed by atoms with Gasteiger partial charge in [0, 0.05) is 131 Å². The van der Waals surface area contributed by atoms with Gasteiger partial charge in [0.2, 0.25) is 11.8 Å². The molecule has 4 atom stereocenters. The first kappa shape index (κ1) is 97.8.